The molecule has 0 unspecified atom stereocenters. The van der Waals surface area contributed by atoms with E-state index in [0.29, 0.717) is 0 Å². The highest BCUT2D eigenvalue weighted by Gasteiger charge is 2.13. The molecule has 1 amide bonds. The third kappa shape index (κ3) is 2.28. The SMILES string of the molecule is C=C[C@@H](C)[C@@H](N)C(N)=O. The molecule has 0 saturated carbocycles. The normalized spacial score (nSPS) is 16.2. The van der Waals surface area contributed by atoms with Crippen molar-refractivity contribution in [3.05, 3.63) is 12.7 Å². The van der Waals surface area contributed by atoms with Gasteiger partial charge < -0.3 is 11.5 Å². The number of nitrogens with two attached hydrogens (primary N) is 2. The summed E-state index contributed by atoms with van der Waals surface area (Å²) in [7, 11) is 0. The molecule has 0 spiro atoms. The molecule has 3 nitrogen and oxygen atoms in total. The molecule has 2 atom stereocenters. The van der Waals surface area contributed by atoms with Crippen LogP contribution in [0.4, 0.5) is 0 Å². The Morgan fingerprint density at radius 1 is 1.78 bits per heavy atom. The smallest absolute Gasteiger partial charge is 0.234 e. The van der Waals surface area contributed by atoms with Crippen molar-refractivity contribution in [2.75, 3.05) is 0 Å². The van der Waals surface area contributed by atoms with E-state index in [-0.39, 0.29) is 5.92 Å². The Labute approximate surface area is 54.7 Å². The molecule has 0 rings (SSSR count). The van der Waals surface area contributed by atoms with Crippen LogP contribution in [0.15, 0.2) is 12.7 Å². The predicted octanol–water partition coefficient (Wildman–Crippen LogP) is -0.379. The van der Waals surface area contributed by atoms with E-state index in [2.05, 4.69) is 6.58 Å². The number of carbonyl (C=O) groups excluding carboxylic acids is 1. The quantitative estimate of drug-likeness (QED) is 0.509. The summed E-state index contributed by atoms with van der Waals surface area (Å²) in [6.07, 6.45) is 1.61. The van der Waals surface area contributed by atoms with Crippen molar-refractivity contribution >= 4 is 5.91 Å². The van der Waals surface area contributed by atoms with Crippen LogP contribution in [-0.4, -0.2) is 11.9 Å². The highest BCUT2D eigenvalue weighted by atomic mass is 16.1. The van der Waals surface area contributed by atoms with Crippen molar-refractivity contribution < 1.29 is 4.79 Å². The molecule has 0 saturated heterocycles. The van der Waals surface area contributed by atoms with Crippen LogP contribution < -0.4 is 11.5 Å². The first kappa shape index (κ1) is 8.17. The van der Waals surface area contributed by atoms with Crippen LogP contribution in [-0.2, 0) is 4.79 Å². The molecule has 0 aromatic heterocycles. The van der Waals surface area contributed by atoms with E-state index in [9.17, 15) is 4.79 Å². The fourth-order valence-corrected chi connectivity index (χ4v) is 0.406. The van der Waals surface area contributed by atoms with Gasteiger partial charge in [0.25, 0.3) is 0 Å². The van der Waals surface area contributed by atoms with Crippen LogP contribution in [0.25, 0.3) is 0 Å². The monoisotopic (exact) mass is 128 g/mol. The number of carbonyl (C=O) groups is 1. The van der Waals surface area contributed by atoms with Crippen molar-refractivity contribution in [3.8, 4) is 0 Å². The summed E-state index contributed by atoms with van der Waals surface area (Å²) in [5.41, 5.74) is 10.2. The lowest BCUT2D eigenvalue weighted by atomic mass is 10.0. The highest BCUT2D eigenvalue weighted by Crippen LogP contribution is 1.98. The maximum atomic E-state index is 10.3. The summed E-state index contributed by atoms with van der Waals surface area (Å²) in [6.45, 7) is 5.27. The van der Waals surface area contributed by atoms with Crippen molar-refractivity contribution in [1.82, 2.24) is 0 Å². The summed E-state index contributed by atoms with van der Waals surface area (Å²) in [5.74, 6) is -0.523. The Balaban J connectivity index is 3.86. The Morgan fingerprint density at radius 3 is 2.33 bits per heavy atom. The third-order valence-corrected chi connectivity index (χ3v) is 1.27. The van der Waals surface area contributed by atoms with Crippen molar-refractivity contribution in [2.45, 2.75) is 13.0 Å². The molecule has 0 aromatic carbocycles. The average Bonchev–Trinajstić information content (AvgIpc) is 1.84. The molecule has 0 fully saturated rings. The second-order valence-electron chi connectivity index (χ2n) is 2.02. The van der Waals surface area contributed by atoms with Crippen molar-refractivity contribution in [3.63, 3.8) is 0 Å². The number of primary amides is 1. The predicted molar refractivity (Wildman–Crippen MR) is 36.5 cm³/mol. The van der Waals surface area contributed by atoms with E-state index in [1.165, 1.54) is 0 Å². The fourth-order valence-electron chi connectivity index (χ4n) is 0.406. The standard InChI is InChI=1S/C6H12N2O/c1-3-4(2)5(7)6(8)9/h3-5H,1,7H2,2H3,(H2,8,9)/t4-,5-/m1/s1. The lowest BCUT2D eigenvalue weighted by Crippen LogP contribution is -2.40. The molecule has 9 heavy (non-hydrogen) atoms. The second kappa shape index (κ2) is 3.25. The largest absolute Gasteiger partial charge is 0.368 e. The van der Waals surface area contributed by atoms with E-state index < -0.39 is 11.9 Å². The van der Waals surface area contributed by atoms with E-state index in [4.69, 9.17) is 11.5 Å². The van der Waals surface area contributed by atoms with Gasteiger partial charge in [-0.3, -0.25) is 4.79 Å². The summed E-state index contributed by atoms with van der Waals surface area (Å²) in [5, 5.41) is 0. The molecule has 0 aliphatic carbocycles. The summed E-state index contributed by atoms with van der Waals surface area (Å²) in [4.78, 5) is 10.3. The molecular weight excluding hydrogens is 116 g/mol. The Morgan fingerprint density at radius 2 is 2.22 bits per heavy atom. The zero-order valence-electron chi connectivity index (χ0n) is 5.50. The molecule has 0 aromatic rings. The van der Waals surface area contributed by atoms with Gasteiger partial charge in [-0.2, -0.15) is 0 Å². The van der Waals surface area contributed by atoms with Gasteiger partial charge in [0.2, 0.25) is 5.91 Å². The summed E-state index contributed by atoms with van der Waals surface area (Å²) in [6, 6.07) is -0.595. The molecular formula is C6H12N2O. The van der Waals surface area contributed by atoms with E-state index in [1.54, 1.807) is 13.0 Å². The second-order valence-corrected chi connectivity index (χ2v) is 2.02. The van der Waals surface area contributed by atoms with Crippen LogP contribution in [0, 0.1) is 5.92 Å². The Hall–Kier alpha value is -0.830. The van der Waals surface area contributed by atoms with Crippen molar-refractivity contribution in [1.29, 1.82) is 0 Å². The number of amides is 1. The molecule has 0 aliphatic rings. The zero-order chi connectivity index (χ0) is 7.44. The van der Waals surface area contributed by atoms with Crippen LogP contribution in [0.5, 0.6) is 0 Å². The van der Waals surface area contributed by atoms with Crippen molar-refractivity contribution in [2.24, 2.45) is 17.4 Å². The molecule has 4 N–H and O–H groups in total. The lowest BCUT2D eigenvalue weighted by molar-refractivity contribution is -0.119. The molecule has 0 aliphatic heterocycles. The first-order valence-corrected chi connectivity index (χ1v) is 2.77. The minimum absolute atomic E-state index is 0.0394. The minimum Gasteiger partial charge on any atom is -0.368 e. The first-order chi connectivity index (χ1) is 4.09. The molecule has 0 heterocycles. The summed E-state index contributed by atoms with van der Waals surface area (Å²) >= 11 is 0. The van der Waals surface area contributed by atoms with Crippen LogP contribution in [0.2, 0.25) is 0 Å². The maximum absolute atomic E-state index is 10.3. The van der Waals surface area contributed by atoms with Gasteiger partial charge in [0.1, 0.15) is 0 Å². The number of rotatable bonds is 3. The van der Waals surface area contributed by atoms with Gasteiger partial charge in [-0.15, -0.1) is 6.58 Å². The molecule has 0 radical (unpaired) electrons. The molecule has 3 heteroatoms. The van der Waals surface area contributed by atoms with Crippen LogP contribution in [0.3, 0.4) is 0 Å². The van der Waals surface area contributed by atoms with Gasteiger partial charge in [-0.1, -0.05) is 13.0 Å². The Bertz CT molecular complexity index is 122. The summed E-state index contributed by atoms with van der Waals surface area (Å²) < 4.78 is 0. The van der Waals surface area contributed by atoms with Crippen LogP contribution >= 0.6 is 0 Å². The molecule has 52 valence electrons. The van der Waals surface area contributed by atoms with Gasteiger partial charge in [-0.25, -0.2) is 0 Å². The number of hydrogen-bond donors (Lipinski definition) is 2. The maximum Gasteiger partial charge on any atom is 0.234 e. The van der Waals surface area contributed by atoms with Gasteiger partial charge in [0.15, 0.2) is 0 Å². The average molecular weight is 128 g/mol. The highest BCUT2D eigenvalue weighted by molar-refractivity contribution is 5.80. The van der Waals surface area contributed by atoms with Gasteiger partial charge in [0.05, 0.1) is 6.04 Å². The van der Waals surface area contributed by atoms with E-state index >= 15 is 0 Å². The topological polar surface area (TPSA) is 69.1 Å². The van der Waals surface area contributed by atoms with E-state index in [1.807, 2.05) is 0 Å². The zero-order valence-corrected chi connectivity index (χ0v) is 5.50. The van der Waals surface area contributed by atoms with E-state index in [0.717, 1.165) is 0 Å². The lowest BCUT2D eigenvalue weighted by Gasteiger charge is -2.10. The fraction of sp³-hybridized carbons (Fsp3) is 0.500. The minimum atomic E-state index is -0.595. The molecule has 0 bridgehead atoms. The van der Waals surface area contributed by atoms with Gasteiger partial charge in [-0.05, 0) is 5.92 Å². The van der Waals surface area contributed by atoms with Gasteiger partial charge in [0, 0.05) is 0 Å². The van der Waals surface area contributed by atoms with Crippen LogP contribution in [0.1, 0.15) is 6.92 Å². The number of hydrogen-bond acceptors (Lipinski definition) is 2. The third-order valence-electron chi connectivity index (χ3n) is 1.27. The first-order valence-electron chi connectivity index (χ1n) is 2.77. The Kier molecular flexibility index (Phi) is 2.95. The van der Waals surface area contributed by atoms with Gasteiger partial charge >= 0.3 is 0 Å².